The monoisotopic (exact) mass is 647 g/mol. The number of rotatable bonds is 13. The molecule has 0 saturated carbocycles. The Hall–Kier alpha value is -3.81. The van der Waals surface area contributed by atoms with Crippen LogP contribution >= 0.6 is 0 Å². The number of hydrogen-bond acceptors (Lipinski definition) is 8. The standard InChI is InChI=1S/C33H45N5O2.C3H8.C2H4O2/c1-6-28(12-13-29(14-17-34)40-30-15-19-37(5)20-16-30)33(35-7-2)31-25-32(36-27(31)4)26(3)11-9-8-10-18-38-21-23-39-24-22-38;1-3-2;3-1-2-4/h6-9,11-13,25,30,36H,1,4,10,14-16,18-24H2,2-3,5H3;3H2,1-2H3;1,4H,2H2/b9-8-,26-11+,28-12+,29-13+,33-31-,35-7?;;. The Kier molecular flexibility index (Phi) is 22.2. The van der Waals surface area contributed by atoms with Crippen LogP contribution in [0.3, 0.4) is 0 Å². The molecule has 0 radical (unpaired) electrons. The highest BCUT2D eigenvalue weighted by atomic mass is 16.5. The molecule has 2 fully saturated rings. The van der Waals surface area contributed by atoms with E-state index in [1.54, 1.807) is 12.3 Å². The first-order valence-corrected chi connectivity index (χ1v) is 16.6. The van der Waals surface area contributed by atoms with Gasteiger partial charge in [0.2, 0.25) is 0 Å². The lowest BCUT2D eigenvalue weighted by Gasteiger charge is -2.29. The van der Waals surface area contributed by atoms with E-state index in [0.29, 0.717) is 12.0 Å². The molecule has 9 heteroatoms. The number of aliphatic hydroxyl groups excluding tert-OH is 1. The third-order valence-electron chi connectivity index (χ3n) is 7.29. The topological polar surface area (TPSA) is 114 Å². The van der Waals surface area contributed by atoms with E-state index >= 15 is 0 Å². The molecule has 2 saturated heterocycles. The fourth-order valence-corrected chi connectivity index (χ4v) is 4.79. The van der Waals surface area contributed by atoms with Crippen LogP contribution in [0.4, 0.5) is 0 Å². The number of carbonyl (C=O) groups excluding carboxylic acids is 1. The number of allylic oxidation sites excluding steroid dienone is 6. The van der Waals surface area contributed by atoms with E-state index in [1.165, 1.54) is 6.42 Å². The van der Waals surface area contributed by atoms with Gasteiger partial charge in [-0.25, -0.2) is 0 Å². The number of morpholine rings is 1. The summed E-state index contributed by atoms with van der Waals surface area (Å²) < 4.78 is 11.6. The van der Waals surface area contributed by atoms with Gasteiger partial charge in [-0.3, -0.25) is 9.89 Å². The molecular formula is C38H57N5O4. The summed E-state index contributed by atoms with van der Waals surface area (Å²) in [6.45, 7) is 22.9. The molecule has 0 aromatic carbocycles. The summed E-state index contributed by atoms with van der Waals surface area (Å²) in [7, 11) is 2.12. The molecule has 0 aliphatic carbocycles. The Bertz CT molecular complexity index is 1370. The SMILES string of the molecule is C=CC(=C\C=C(/CC#N)OC1CCN(C)CC1)/C(N=CC)=c1\cc(/C(C)=C/C=C\CCN2CCOCC2)[nH]c1=C.CCC.O=CCO. The number of carbonyl (C=O) groups is 1. The van der Waals surface area contributed by atoms with Crippen LogP contribution in [0.15, 0.2) is 65.4 Å². The molecule has 2 aliphatic heterocycles. The number of aliphatic hydroxyl groups is 1. The highest BCUT2D eigenvalue weighted by Crippen LogP contribution is 2.19. The molecule has 0 amide bonds. The Balaban J connectivity index is 0.00000144. The Morgan fingerprint density at radius 1 is 1.21 bits per heavy atom. The maximum atomic E-state index is 9.37. The van der Waals surface area contributed by atoms with Crippen LogP contribution in [0.5, 0.6) is 0 Å². The van der Waals surface area contributed by atoms with E-state index in [9.17, 15) is 5.26 Å². The van der Waals surface area contributed by atoms with Crippen LogP contribution in [-0.4, -0.2) is 98.1 Å². The predicted octanol–water partition coefficient (Wildman–Crippen LogP) is 4.92. The lowest BCUT2D eigenvalue weighted by atomic mass is 10.1. The molecule has 0 unspecified atom stereocenters. The first-order valence-electron chi connectivity index (χ1n) is 16.6. The van der Waals surface area contributed by atoms with E-state index in [2.05, 4.69) is 91.1 Å². The molecule has 47 heavy (non-hydrogen) atoms. The Morgan fingerprint density at radius 2 is 1.87 bits per heavy atom. The number of piperidine rings is 1. The second kappa shape index (κ2) is 25.3. The fraction of sp³-hybridized carbons (Fsp3) is 0.500. The average molecular weight is 648 g/mol. The lowest BCUT2D eigenvalue weighted by Crippen LogP contribution is -2.36. The highest BCUT2D eigenvalue weighted by Gasteiger charge is 2.18. The second-order valence-corrected chi connectivity index (χ2v) is 11.3. The van der Waals surface area contributed by atoms with Crippen LogP contribution in [0.2, 0.25) is 0 Å². The molecule has 2 N–H and O–H groups in total. The van der Waals surface area contributed by atoms with Gasteiger partial charge < -0.3 is 29.3 Å². The Morgan fingerprint density at radius 3 is 2.45 bits per heavy atom. The minimum Gasteiger partial charge on any atom is -0.494 e. The zero-order valence-corrected chi connectivity index (χ0v) is 29.3. The maximum Gasteiger partial charge on any atom is 0.145 e. The van der Waals surface area contributed by atoms with Crippen molar-refractivity contribution in [2.45, 2.75) is 65.9 Å². The van der Waals surface area contributed by atoms with Crippen molar-refractivity contribution in [2.24, 2.45) is 4.99 Å². The zero-order valence-electron chi connectivity index (χ0n) is 29.3. The van der Waals surface area contributed by atoms with Crippen molar-refractivity contribution in [2.75, 3.05) is 59.6 Å². The third-order valence-corrected chi connectivity index (χ3v) is 7.29. The molecular weight excluding hydrogens is 590 g/mol. The number of aliphatic imine (C=N–C) groups is 1. The van der Waals surface area contributed by atoms with E-state index < -0.39 is 0 Å². The van der Waals surface area contributed by atoms with E-state index in [-0.39, 0.29) is 19.1 Å². The number of nitriles is 1. The maximum absolute atomic E-state index is 9.37. The molecule has 9 nitrogen and oxygen atoms in total. The summed E-state index contributed by atoms with van der Waals surface area (Å²) in [4.78, 5) is 21.8. The molecule has 1 aromatic heterocycles. The average Bonchev–Trinajstić information content (AvgIpc) is 3.47. The van der Waals surface area contributed by atoms with Gasteiger partial charge in [-0.2, -0.15) is 5.26 Å². The van der Waals surface area contributed by atoms with Crippen LogP contribution < -0.4 is 10.6 Å². The Labute approximate surface area is 282 Å². The minimum absolute atomic E-state index is 0.135. The van der Waals surface area contributed by atoms with Crippen LogP contribution in [-0.2, 0) is 14.3 Å². The van der Waals surface area contributed by atoms with Crippen molar-refractivity contribution < 1.29 is 19.4 Å². The van der Waals surface area contributed by atoms with Gasteiger partial charge in [0.1, 0.15) is 18.1 Å². The fourth-order valence-electron chi connectivity index (χ4n) is 4.79. The number of likely N-dealkylation sites (tertiary alicyclic amines) is 1. The number of aldehydes is 1. The minimum atomic E-state index is -0.361. The first kappa shape index (κ1) is 41.2. The number of nitrogens with zero attached hydrogens (tertiary/aromatic N) is 4. The summed E-state index contributed by atoms with van der Waals surface area (Å²) in [6, 6.07) is 4.32. The van der Waals surface area contributed by atoms with Gasteiger partial charge in [0.15, 0.2) is 0 Å². The molecule has 1 aromatic rings. The zero-order chi connectivity index (χ0) is 34.9. The van der Waals surface area contributed by atoms with Gasteiger partial charge >= 0.3 is 0 Å². The lowest BCUT2D eigenvalue weighted by molar-refractivity contribution is -0.110. The summed E-state index contributed by atoms with van der Waals surface area (Å²) in [5, 5.41) is 18.6. The number of ether oxygens (including phenoxy) is 2. The van der Waals surface area contributed by atoms with Gasteiger partial charge in [0.05, 0.1) is 38.0 Å². The van der Waals surface area contributed by atoms with Gasteiger partial charge in [-0.1, -0.05) is 57.7 Å². The number of aromatic amines is 1. The van der Waals surface area contributed by atoms with Crippen molar-refractivity contribution in [1.29, 1.82) is 5.26 Å². The smallest absolute Gasteiger partial charge is 0.145 e. The van der Waals surface area contributed by atoms with Crippen molar-refractivity contribution in [1.82, 2.24) is 14.8 Å². The molecule has 2 aliphatic rings. The second-order valence-electron chi connectivity index (χ2n) is 11.3. The molecule has 0 atom stereocenters. The molecule has 258 valence electrons. The summed E-state index contributed by atoms with van der Waals surface area (Å²) in [5.74, 6) is 0.667. The normalized spacial score (nSPS) is 17.8. The summed E-state index contributed by atoms with van der Waals surface area (Å²) in [5.41, 5.74) is 3.72. The highest BCUT2D eigenvalue weighted by molar-refractivity contribution is 5.75. The number of aromatic nitrogens is 1. The van der Waals surface area contributed by atoms with E-state index in [4.69, 9.17) is 19.4 Å². The van der Waals surface area contributed by atoms with Crippen molar-refractivity contribution in [3.05, 3.63) is 76.7 Å². The number of H-pyrrole nitrogens is 1. The van der Waals surface area contributed by atoms with Crippen molar-refractivity contribution in [3.63, 3.8) is 0 Å². The van der Waals surface area contributed by atoms with Crippen LogP contribution in [0.1, 0.15) is 65.5 Å². The van der Waals surface area contributed by atoms with Crippen LogP contribution in [0, 0.1) is 11.3 Å². The molecule has 3 rings (SSSR count). The van der Waals surface area contributed by atoms with Gasteiger partial charge in [-0.05, 0) is 63.9 Å². The number of hydrogen-bond donors (Lipinski definition) is 2. The summed E-state index contributed by atoms with van der Waals surface area (Å²) in [6.07, 6.45) is 18.8. The van der Waals surface area contributed by atoms with Gasteiger partial charge in [0.25, 0.3) is 0 Å². The van der Waals surface area contributed by atoms with Crippen molar-refractivity contribution >= 4 is 30.3 Å². The quantitative estimate of drug-likeness (QED) is 0.135. The van der Waals surface area contributed by atoms with E-state index in [1.807, 2.05) is 19.1 Å². The van der Waals surface area contributed by atoms with Crippen LogP contribution in [0.25, 0.3) is 17.8 Å². The summed E-state index contributed by atoms with van der Waals surface area (Å²) >= 11 is 0. The first-order chi connectivity index (χ1) is 22.8. The molecule has 0 spiro atoms. The largest absolute Gasteiger partial charge is 0.494 e. The van der Waals surface area contributed by atoms with Gasteiger partial charge in [-0.15, -0.1) is 0 Å². The number of nitrogens with one attached hydrogen (secondary N) is 1. The van der Waals surface area contributed by atoms with Crippen molar-refractivity contribution in [3.8, 4) is 6.07 Å². The van der Waals surface area contributed by atoms with E-state index in [0.717, 1.165) is 98.3 Å². The molecule has 0 bridgehead atoms. The van der Waals surface area contributed by atoms with Gasteiger partial charge in [0, 0.05) is 60.8 Å². The third kappa shape index (κ3) is 16.5. The molecule has 3 heterocycles. The predicted molar refractivity (Wildman–Crippen MR) is 195 cm³/mol.